The molecule has 0 spiro atoms. The number of unbranched alkanes of at least 4 members (excludes halogenated alkanes) is 3. The van der Waals surface area contributed by atoms with Crippen LogP contribution in [0.4, 0.5) is 4.39 Å². The lowest BCUT2D eigenvalue weighted by atomic mass is 9.78. The lowest BCUT2D eigenvalue weighted by Gasteiger charge is -2.26. The fraction of sp³-hybridized carbons (Fsp3) is 0.438. The third-order valence-corrected chi connectivity index (χ3v) is 4.13. The van der Waals surface area contributed by atoms with Crippen molar-refractivity contribution in [1.29, 1.82) is 0 Å². The molecule has 0 aliphatic rings. The van der Waals surface area contributed by atoms with Crippen LogP contribution in [-0.4, -0.2) is 11.1 Å². The normalized spacial score (nSPS) is 13.5. The second-order valence-corrected chi connectivity index (χ2v) is 5.86. The van der Waals surface area contributed by atoms with Gasteiger partial charge in [0.15, 0.2) is 0 Å². The summed E-state index contributed by atoms with van der Waals surface area (Å²) in [6.07, 6.45) is 8.68. The number of hydrogen-bond donors (Lipinski definition) is 1. The van der Waals surface area contributed by atoms with E-state index in [4.69, 9.17) is 6.42 Å². The number of hydrogen-bond acceptors (Lipinski definition) is 1. The van der Waals surface area contributed by atoms with Crippen LogP contribution >= 0.6 is 15.9 Å². The average Bonchev–Trinajstić information content (AvgIpc) is 2.41. The first kappa shape index (κ1) is 16.7. The Morgan fingerprint density at radius 1 is 1.45 bits per heavy atom. The van der Waals surface area contributed by atoms with Crippen LogP contribution in [0.3, 0.4) is 0 Å². The monoisotopic (exact) mass is 340 g/mol. The highest BCUT2D eigenvalue weighted by Crippen LogP contribution is 2.34. The van der Waals surface area contributed by atoms with Crippen molar-refractivity contribution in [3.63, 3.8) is 0 Å². The van der Waals surface area contributed by atoms with Gasteiger partial charge in [-0.2, -0.15) is 0 Å². The Labute approximate surface area is 127 Å². The van der Waals surface area contributed by atoms with E-state index >= 15 is 0 Å². The molecule has 0 aliphatic carbocycles. The molecule has 108 valence electrons. The Hall–Kier alpha value is -1.34. The van der Waals surface area contributed by atoms with E-state index in [9.17, 15) is 14.3 Å². The summed E-state index contributed by atoms with van der Waals surface area (Å²) in [6.45, 7) is 1.57. The molecule has 1 aromatic carbocycles. The molecule has 0 radical (unpaired) electrons. The highest BCUT2D eigenvalue weighted by atomic mass is 79.9. The quantitative estimate of drug-likeness (QED) is 0.585. The van der Waals surface area contributed by atoms with Crippen LogP contribution in [0.25, 0.3) is 0 Å². The van der Waals surface area contributed by atoms with E-state index in [1.54, 1.807) is 19.1 Å². The zero-order valence-electron chi connectivity index (χ0n) is 11.5. The van der Waals surface area contributed by atoms with Crippen molar-refractivity contribution in [3.05, 3.63) is 34.1 Å². The summed E-state index contributed by atoms with van der Waals surface area (Å²) in [5, 5.41) is 9.49. The summed E-state index contributed by atoms with van der Waals surface area (Å²) in [5.74, 6) is 1.05. The molecule has 0 bridgehead atoms. The predicted molar refractivity (Wildman–Crippen MR) is 81.0 cm³/mol. The fourth-order valence-electron chi connectivity index (χ4n) is 2.17. The highest BCUT2D eigenvalue weighted by Gasteiger charge is 2.37. The van der Waals surface area contributed by atoms with Crippen molar-refractivity contribution in [2.45, 2.75) is 44.4 Å². The number of rotatable bonds is 7. The summed E-state index contributed by atoms with van der Waals surface area (Å²) in [6, 6.07) is 4.76. The second-order valence-electron chi connectivity index (χ2n) is 5.00. The van der Waals surface area contributed by atoms with Crippen LogP contribution in [0, 0.1) is 18.2 Å². The second kappa shape index (κ2) is 7.44. The summed E-state index contributed by atoms with van der Waals surface area (Å²) >= 11 is 3.10. The average molecular weight is 341 g/mol. The molecular weight excluding hydrogens is 323 g/mol. The molecule has 20 heavy (non-hydrogen) atoms. The fourth-order valence-corrected chi connectivity index (χ4v) is 2.54. The molecule has 0 saturated heterocycles. The van der Waals surface area contributed by atoms with Crippen molar-refractivity contribution >= 4 is 21.9 Å². The van der Waals surface area contributed by atoms with Gasteiger partial charge in [0.2, 0.25) is 0 Å². The Morgan fingerprint density at radius 2 is 2.15 bits per heavy atom. The van der Waals surface area contributed by atoms with Gasteiger partial charge in [0, 0.05) is 12.0 Å². The molecule has 1 aromatic rings. The van der Waals surface area contributed by atoms with Gasteiger partial charge in [-0.15, -0.1) is 12.3 Å². The van der Waals surface area contributed by atoms with Crippen molar-refractivity contribution in [2.24, 2.45) is 0 Å². The smallest absolute Gasteiger partial charge is 0.313 e. The van der Waals surface area contributed by atoms with Gasteiger partial charge in [-0.25, -0.2) is 4.39 Å². The van der Waals surface area contributed by atoms with E-state index in [1.807, 2.05) is 0 Å². The molecule has 1 rings (SSSR count). The molecule has 4 heteroatoms. The van der Waals surface area contributed by atoms with Gasteiger partial charge in [0.1, 0.15) is 5.82 Å². The molecule has 0 amide bonds. The molecule has 2 nitrogen and oxygen atoms in total. The van der Waals surface area contributed by atoms with Crippen molar-refractivity contribution in [1.82, 2.24) is 0 Å². The summed E-state index contributed by atoms with van der Waals surface area (Å²) in [4.78, 5) is 11.6. The maximum Gasteiger partial charge on any atom is 0.313 e. The molecule has 0 fully saturated rings. The summed E-state index contributed by atoms with van der Waals surface area (Å²) < 4.78 is 14.4. The minimum absolute atomic E-state index is 0.219. The lowest BCUT2D eigenvalue weighted by molar-refractivity contribution is -0.143. The highest BCUT2D eigenvalue weighted by molar-refractivity contribution is 9.10. The van der Waals surface area contributed by atoms with Gasteiger partial charge >= 0.3 is 5.97 Å². The lowest BCUT2D eigenvalue weighted by Crippen LogP contribution is -2.33. The predicted octanol–water partition coefficient (Wildman–Crippen LogP) is 4.51. The first-order valence-electron chi connectivity index (χ1n) is 6.55. The van der Waals surface area contributed by atoms with E-state index in [0.717, 1.165) is 12.8 Å². The van der Waals surface area contributed by atoms with Crippen LogP contribution in [0.2, 0.25) is 0 Å². The Morgan fingerprint density at radius 3 is 2.75 bits per heavy atom. The molecule has 0 aliphatic heterocycles. The number of carboxylic acids is 1. The number of halogens is 2. The number of carbonyl (C=O) groups is 1. The number of carboxylic acid groups (broad SMARTS) is 1. The molecule has 0 heterocycles. The topological polar surface area (TPSA) is 37.3 Å². The molecule has 0 aromatic heterocycles. The van der Waals surface area contributed by atoms with Crippen molar-refractivity contribution in [3.8, 4) is 12.3 Å². The summed E-state index contributed by atoms with van der Waals surface area (Å²) in [7, 11) is 0. The van der Waals surface area contributed by atoms with E-state index in [-0.39, 0.29) is 10.0 Å². The van der Waals surface area contributed by atoms with E-state index in [2.05, 4.69) is 21.9 Å². The van der Waals surface area contributed by atoms with Gasteiger partial charge in [-0.1, -0.05) is 25.0 Å². The molecule has 0 saturated carbocycles. The van der Waals surface area contributed by atoms with Crippen LogP contribution in [0.1, 0.15) is 44.6 Å². The standard InChI is InChI=1S/C16H18BrFO2/c1-3-4-5-6-7-11-16(2,15(19)20)12-9-8-10-13(17)14(12)18/h1,8-10H,4-7,11H2,2H3,(H,19,20). The first-order valence-corrected chi connectivity index (χ1v) is 7.34. The van der Waals surface area contributed by atoms with E-state index in [1.165, 1.54) is 6.07 Å². The molecule has 1 N–H and O–H groups in total. The first-order chi connectivity index (χ1) is 9.43. The molecular formula is C16H18BrFO2. The third-order valence-electron chi connectivity index (χ3n) is 3.52. The molecule has 1 atom stereocenters. The largest absolute Gasteiger partial charge is 0.481 e. The maximum absolute atomic E-state index is 14.2. The number of aliphatic carboxylic acids is 1. The van der Waals surface area contributed by atoms with Crippen molar-refractivity contribution < 1.29 is 14.3 Å². The molecule has 1 unspecified atom stereocenters. The van der Waals surface area contributed by atoms with Crippen LogP contribution in [0.5, 0.6) is 0 Å². The Kier molecular flexibility index (Phi) is 6.22. The minimum atomic E-state index is -1.22. The number of benzene rings is 1. The van der Waals surface area contributed by atoms with E-state index < -0.39 is 17.2 Å². The maximum atomic E-state index is 14.2. The van der Waals surface area contributed by atoms with Crippen LogP contribution in [0.15, 0.2) is 22.7 Å². The Balaban J connectivity index is 2.89. The summed E-state index contributed by atoms with van der Waals surface area (Å²) in [5.41, 5.74) is -0.999. The van der Waals surface area contributed by atoms with Gasteiger partial charge in [-0.3, -0.25) is 4.79 Å². The third kappa shape index (κ3) is 3.83. The van der Waals surface area contributed by atoms with Gasteiger partial charge < -0.3 is 5.11 Å². The van der Waals surface area contributed by atoms with Gasteiger partial charge in [-0.05, 0) is 41.8 Å². The van der Waals surface area contributed by atoms with Gasteiger partial charge in [0.05, 0.1) is 9.89 Å². The SMILES string of the molecule is C#CCCCCCC(C)(C(=O)O)c1cccc(Br)c1F. The van der Waals surface area contributed by atoms with Crippen molar-refractivity contribution in [2.75, 3.05) is 0 Å². The zero-order valence-corrected chi connectivity index (χ0v) is 13.0. The number of terminal acetylenes is 1. The van der Waals surface area contributed by atoms with E-state index in [0.29, 0.717) is 19.3 Å². The Bertz CT molecular complexity index is 522. The van der Waals surface area contributed by atoms with Crippen LogP contribution < -0.4 is 0 Å². The van der Waals surface area contributed by atoms with Crippen LogP contribution in [-0.2, 0) is 10.2 Å². The minimum Gasteiger partial charge on any atom is -0.481 e. The van der Waals surface area contributed by atoms with Gasteiger partial charge in [0.25, 0.3) is 0 Å². The zero-order chi connectivity index (χ0) is 15.2.